The average molecular weight is 579 g/mol. The van der Waals surface area contributed by atoms with Crippen LogP contribution >= 0.6 is 0 Å². The molecule has 0 bridgehead atoms. The number of benzene rings is 4. The van der Waals surface area contributed by atoms with Crippen molar-refractivity contribution in [1.82, 2.24) is 15.4 Å². The van der Waals surface area contributed by atoms with Gasteiger partial charge >= 0.3 is 220 Å². The van der Waals surface area contributed by atoms with E-state index in [1.165, 1.54) is 48.9 Å². The number of aromatic amines is 1. The van der Waals surface area contributed by atoms with Gasteiger partial charge in [-0.25, -0.2) is 0 Å². The molecule has 1 aromatic heterocycles. The first kappa shape index (κ1) is 19.9. The van der Waals surface area contributed by atoms with E-state index < -0.39 is 13.9 Å². The minimum atomic E-state index is -2.00. The SMILES string of the molecule is C1=CC2=[C](Cc3ccccc32)[Ge]([c]2c(-c3cc4c([c]5[c]3[Ge]5)Cc3ccccc3-4)ccc3n[nH]nc23)=[CH]1. The van der Waals surface area contributed by atoms with E-state index in [4.69, 9.17) is 5.10 Å². The van der Waals surface area contributed by atoms with Gasteiger partial charge in [0.15, 0.2) is 0 Å². The van der Waals surface area contributed by atoms with Gasteiger partial charge in [0.05, 0.1) is 0 Å². The second-order valence-corrected chi connectivity index (χ2v) is 17.4. The van der Waals surface area contributed by atoms with Crippen molar-refractivity contribution in [2.75, 3.05) is 0 Å². The van der Waals surface area contributed by atoms with Crippen LogP contribution in [0.15, 0.2) is 83.3 Å². The van der Waals surface area contributed by atoms with E-state index in [1.54, 1.807) is 18.8 Å². The summed E-state index contributed by atoms with van der Waals surface area (Å²) in [6.07, 6.45) is 6.83. The summed E-state index contributed by atoms with van der Waals surface area (Å²) in [5, 5.41) is 12.2. The van der Waals surface area contributed by atoms with Crippen LogP contribution in [0.4, 0.5) is 0 Å². The predicted molar refractivity (Wildman–Crippen MR) is 150 cm³/mol. The van der Waals surface area contributed by atoms with Gasteiger partial charge in [-0.1, -0.05) is 0 Å². The number of nitrogens with one attached hydrogen (secondary N) is 1. The van der Waals surface area contributed by atoms with Crippen molar-refractivity contribution in [1.29, 1.82) is 0 Å². The van der Waals surface area contributed by atoms with Crippen LogP contribution in [0, 0.1) is 0 Å². The third kappa shape index (κ3) is 2.62. The zero-order chi connectivity index (χ0) is 23.4. The predicted octanol–water partition coefficient (Wildman–Crippen LogP) is 3.37. The number of hydrogen-bond acceptors (Lipinski definition) is 2. The molecule has 3 heterocycles. The molecule has 0 saturated carbocycles. The summed E-state index contributed by atoms with van der Waals surface area (Å²) in [6.45, 7) is 0. The van der Waals surface area contributed by atoms with Gasteiger partial charge in [0.25, 0.3) is 0 Å². The first-order chi connectivity index (χ1) is 17.8. The molecule has 4 aromatic carbocycles. The number of allylic oxidation sites excluding steroid dienone is 4. The van der Waals surface area contributed by atoms with Gasteiger partial charge in [-0.05, 0) is 0 Å². The van der Waals surface area contributed by atoms with Gasteiger partial charge in [0.2, 0.25) is 0 Å². The quantitative estimate of drug-likeness (QED) is 0.320. The fourth-order valence-electron chi connectivity index (χ4n) is 6.53. The third-order valence-corrected chi connectivity index (χ3v) is 16.6. The Balaban J connectivity index is 1.30. The number of rotatable bonds is 2. The summed E-state index contributed by atoms with van der Waals surface area (Å²) in [6, 6.07) is 25.0. The fourth-order valence-corrected chi connectivity index (χ4v) is 14.9. The Hall–Kier alpha value is -3.28. The van der Waals surface area contributed by atoms with Crippen molar-refractivity contribution in [3.05, 3.63) is 106 Å². The van der Waals surface area contributed by atoms with Crippen LogP contribution < -0.4 is 13.2 Å². The molecule has 2 aliphatic carbocycles. The Bertz CT molecular complexity index is 1920. The molecule has 0 amide bonds. The Labute approximate surface area is 219 Å². The molecule has 4 aliphatic rings. The summed E-state index contributed by atoms with van der Waals surface area (Å²) >= 11 is -2.15. The maximum absolute atomic E-state index is 4.75. The summed E-state index contributed by atoms with van der Waals surface area (Å²) in [5.74, 6) is 0. The number of hydrogen-bond donors (Lipinski definition) is 1. The molecule has 0 unspecified atom stereocenters. The number of fused-ring (bicyclic) bond motifs is 8. The maximum atomic E-state index is 4.75. The van der Waals surface area contributed by atoms with Crippen LogP contribution in [0.25, 0.3) is 38.9 Å². The molecule has 0 fully saturated rings. The van der Waals surface area contributed by atoms with Crippen LogP contribution in [0.2, 0.25) is 0 Å². The Morgan fingerprint density at radius 3 is 2.50 bits per heavy atom. The zero-order valence-corrected chi connectivity index (χ0v) is 23.6. The topological polar surface area (TPSA) is 41.6 Å². The van der Waals surface area contributed by atoms with Crippen molar-refractivity contribution in [2.45, 2.75) is 12.8 Å². The number of H-pyrrole nitrogens is 1. The molecule has 166 valence electrons. The van der Waals surface area contributed by atoms with E-state index in [0.717, 1.165) is 23.9 Å². The molecule has 5 aromatic rings. The standard InChI is InChI=1S/C31H19Ge2N3/c1-4-9-20-17(6-1)14-24-23(20)16-25(29-28(24)32-29)22-11-12-27-31(35-36-34-27)30(22)33-13-5-10-21-19-8-3-2-7-18(19)15-26(21)33/h1-13,16H,14-15H2,(H,34,35,36). The second kappa shape index (κ2) is 7.14. The summed E-state index contributed by atoms with van der Waals surface area (Å²) in [7, 11) is 0. The Kier molecular flexibility index (Phi) is 3.94. The van der Waals surface area contributed by atoms with Crippen LogP contribution in [0.3, 0.4) is 0 Å². The van der Waals surface area contributed by atoms with E-state index in [1.807, 2.05) is 0 Å². The third-order valence-electron chi connectivity index (χ3n) is 8.20. The van der Waals surface area contributed by atoms with E-state index in [-0.39, 0.29) is 15.4 Å². The number of aromatic nitrogens is 3. The first-order valence-electron chi connectivity index (χ1n) is 12.4. The van der Waals surface area contributed by atoms with Gasteiger partial charge in [-0.15, -0.1) is 0 Å². The van der Waals surface area contributed by atoms with Crippen LogP contribution in [0.5, 0.6) is 0 Å². The van der Waals surface area contributed by atoms with Crippen LogP contribution in [-0.4, -0.2) is 49.6 Å². The van der Waals surface area contributed by atoms with Gasteiger partial charge in [-0.2, -0.15) is 0 Å². The fraction of sp³-hybridized carbons (Fsp3) is 0.0645. The molecule has 36 heavy (non-hydrogen) atoms. The van der Waals surface area contributed by atoms with E-state index >= 15 is 0 Å². The summed E-state index contributed by atoms with van der Waals surface area (Å²) < 4.78 is 6.49. The molecule has 0 spiro atoms. The van der Waals surface area contributed by atoms with E-state index in [9.17, 15) is 0 Å². The normalized spacial score (nSPS) is 15.9. The first-order valence-corrected chi connectivity index (χ1v) is 17.9. The summed E-state index contributed by atoms with van der Waals surface area (Å²) in [5.41, 5.74) is 15.3. The van der Waals surface area contributed by atoms with E-state index in [2.05, 4.69) is 94.0 Å². The van der Waals surface area contributed by atoms with Gasteiger partial charge in [0.1, 0.15) is 0 Å². The molecule has 1 N–H and O–H groups in total. The molecule has 9 rings (SSSR count). The van der Waals surface area contributed by atoms with Gasteiger partial charge < -0.3 is 0 Å². The van der Waals surface area contributed by atoms with Crippen molar-refractivity contribution < 1.29 is 0 Å². The number of nitrogens with zero attached hydrogens (tertiary/aromatic N) is 2. The van der Waals surface area contributed by atoms with Crippen molar-refractivity contribution in [3.63, 3.8) is 0 Å². The van der Waals surface area contributed by atoms with Crippen LogP contribution in [-0.2, 0) is 12.8 Å². The average Bonchev–Trinajstić information content (AvgIpc) is 3.25. The van der Waals surface area contributed by atoms with Crippen molar-refractivity contribution in [2.24, 2.45) is 0 Å². The van der Waals surface area contributed by atoms with Crippen LogP contribution in [0.1, 0.15) is 22.3 Å². The van der Waals surface area contributed by atoms with Gasteiger partial charge in [0, 0.05) is 0 Å². The van der Waals surface area contributed by atoms with Crippen molar-refractivity contribution in [3.8, 4) is 22.3 Å². The van der Waals surface area contributed by atoms with Gasteiger partial charge in [-0.3, -0.25) is 0 Å². The Morgan fingerprint density at radius 1 is 0.750 bits per heavy atom. The molecule has 5 heteroatoms. The molecule has 0 saturated heterocycles. The monoisotopic (exact) mass is 581 g/mol. The van der Waals surface area contributed by atoms with Crippen molar-refractivity contribution >= 4 is 64.0 Å². The molecule has 2 radical (unpaired) electrons. The Morgan fingerprint density at radius 2 is 1.58 bits per heavy atom. The molecule has 2 aliphatic heterocycles. The molecule has 0 atom stereocenters. The molecule has 3 nitrogen and oxygen atoms in total. The zero-order valence-electron chi connectivity index (χ0n) is 19.4. The van der Waals surface area contributed by atoms with E-state index in [0.29, 0.717) is 0 Å². The molecular formula is C31H19Ge2N3. The second-order valence-electron chi connectivity index (χ2n) is 10.0. The molecular weight excluding hydrogens is 560 g/mol. The minimum absolute atomic E-state index is 0.154. The summed E-state index contributed by atoms with van der Waals surface area (Å²) in [4.78, 5) is 2.54.